The molecule has 1 N–H and O–H groups in total. The van der Waals surface area contributed by atoms with Gasteiger partial charge in [0, 0.05) is 26.2 Å². The van der Waals surface area contributed by atoms with Gasteiger partial charge in [0.05, 0.1) is 6.54 Å². The molecule has 4 rings (SSSR count). The third kappa shape index (κ3) is 2.42. The summed E-state index contributed by atoms with van der Waals surface area (Å²) in [5.41, 5.74) is 0.610. The topological polar surface area (TPSA) is 65.8 Å². The summed E-state index contributed by atoms with van der Waals surface area (Å²) >= 11 is 0. The third-order valence-electron chi connectivity index (χ3n) is 4.74. The van der Waals surface area contributed by atoms with Crippen LogP contribution in [0.1, 0.15) is 43.1 Å². The number of hydrogen-bond acceptors (Lipinski definition) is 5. The number of nitrogens with zero attached hydrogens (tertiary/aromatic N) is 5. The molecule has 0 aromatic carbocycles. The second-order valence-electron chi connectivity index (χ2n) is 6.31. The number of hydrogen-bond donors (Lipinski definition) is 1. The summed E-state index contributed by atoms with van der Waals surface area (Å²) in [5, 5.41) is 2.92. The van der Waals surface area contributed by atoms with Gasteiger partial charge in [0.2, 0.25) is 11.9 Å². The minimum absolute atomic E-state index is 0.129. The second kappa shape index (κ2) is 6.19. The van der Waals surface area contributed by atoms with Gasteiger partial charge in [0.1, 0.15) is 0 Å². The molecule has 0 spiro atoms. The molecular weight excluding hydrogens is 304 g/mol. The molecule has 0 aliphatic carbocycles. The van der Waals surface area contributed by atoms with Crippen LogP contribution in [-0.2, 0) is 6.54 Å². The van der Waals surface area contributed by atoms with E-state index < -0.39 is 0 Å². The minimum atomic E-state index is -0.129. The third-order valence-corrected chi connectivity index (χ3v) is 4.74. The Labute approximate surface area is 141 Å². The highest BCUT2D eigenvalue weighted by Gasteiger charge is 2.36. The van der Waals surface area contributed by atoms with Crippen molar-refractivity contribution >= 4 is 23.6 Å². The SMILES string of the molecule is CC#CCn1c(N2CCCCC2)nc2c1C(=O)NC1=NCCCN12. The fraction of sp³-hybridized carbons (Fsp3) is 0.588. The van der Waals surface area contributed by atoms with Gasteiger partial charge in [0.25, 0.3) is 5.91 Å². The van der Waals surface area contributed by atoms with E-state index in [1.165, 1.54) is 19.3 Å². The Balaban J connectivity index is 1.82. The summed E-state index contributed by atoms with van der Waals surface area (Å²) < 4.78 is 1.97. The van der Waals surface area contributed by atoms with Gasteiger partial charge in [-0.05, 0) is 32.6 Å². The van der Waals surface area contributed by atoms with Crippen LogP contribution < -0.4 is 15.1 Å². The standard InChI is InChI=1S/C17H22N6O/c1-2-3-11-22-13-14(19-17(22)21-9-5-4-6-10-21)23-12-7-8-18-16(23)20-15(13)24/h4-12H2,1H3,(H,18,20,24). The van der Waals surface area contributed by atoms with Gasteiger partial charge in [0.15, 0.2) is 11.5 Å². The van der Waals surface area contributed by atoms with Gasteiger partial charge >= 0.3 is 0 Å². The van der Waals surface area contributed by atoms with Crippen molar-refractivity contribution in [2.24, 2.45) is 4.99 Å². The maximum Gasteiger partial charge on any atom is 0.278 e. The van der Waals surface area contributed by atoms with E-state index in [0.717, 1.165) is 44.4 Å². The average Bonchev–Trinajstić information content (AvgIpc) is 3.01. The number of anilines is 2. The summed E-state index contributed by atoms with van der Waals surface area (Å²) in [6, 6.07) is 0. The van der Waals surface area contributed by atoms with Crippen LogP contribution in [0.15, 0.2) is 4.99 Å². The molecular formula is C17H22N6O. The Kier molecular flexibility index (Phi) is 3.89. The number of amides is 1. The molecule has 1 aromatic rings. The number of nitrogens with one attached hydrogen (secondary N) is 1. The lowest BCUT2D eigenvalue weighted by atomic mass is 10.1. The predicted octanol–water partition coefficient (Wildman–Crippen LogP) is 1.21. The number of imidazole rings is 1. The Bertz CT molecular complexity index is 747. The van der Waals surface area contributed by atoms with Crippen LogP contribution in [0.25, 0.3) is 0 Å². The first-order chi connectivity index (χ1) is 11.8. The van der Waals surface area contributed by atoms with E-state index in [4.69, 9.17) is 4.98 Å². The monoisotopic (exact) mass is 326 g/mol. The first-order valence-electron chi connectivity index (χ1n) is 8.68. The molecule has 3 aliphatic heterocycles. The van der Waals surface area contributed by atoms with Crippen LogP contribution in [0.4, 0.5) is 11.8 Å². The molecule has 1 aromatic heterocycles. The predicted molar refractivity (Wildman–Crippen MR) is 93.5 cm³/mol. The number of rotatable bonds is 2. The highest BCUT2D eigenvalue weighted by molar-refractivity contribution is 6.17. The number of carbonyl (C=O) groups excluding carboxylic acids is 1. The fourth-order valence-corrected chi connectivity index (χ4v) is 3.56. The van der Waals surface area contributed by atoms with Crippen LogP contribution in [-0.4, -0.2) is 47.6 Å². The van der Waals surface area contributed by atoms with Gasteiger partial charge < -0.3 is 4.90 Å². The van der Waals surface area contributed by atoms with E-state index in [-0.39, 0.29) is 5.91 Å². The Morgan fingerprint density at radius 2 is 2.00 bits per heavy atom. The second-order valence-corrected chi connectivity index (χ2v) is 6.31. The van der Waals surface area contributed by atoms with Crippen LogP contribution in [0.3, 0.4) is 0 Å². The molecule has 1 fully saturated rings. The molecule has 0 bridgehead atoms. The number of aromatic nitrogens is 2. The van der Waals surface area contributed by atoms with Crippen molar-refractivity contribution in [3.05, 3.63) is 5.69 Å². The smallest absolute Gasteiger partial charge is 0.278 e. The molecule has 0 radical (unpaired) electrons. The van der Waals surface area contributed by atoms with E-state index in [9.17, 15) is 4.79 Å². The largest absolute Gasteiger partial charge is 0.342 e. The first-order valence-corrected chi connectivity index (χ1v) is 8.68. The fourth-order valence-electron chi connectivity index (χ4n) is 3.56. The van der Waals surface area contributed by atoms with Gasteiger partial charge in [-0.25, -0.2) is 0 Å². The van der Waals surface area contributed by atoms with E-state index in [1.807, 2.05) is 16.4 Å². The molecule has 1 saturated heterocycles. The van der Waals surface area contributed by atoms with Crippen molar-refractivity contribution in [2.75, 3.05) is 36.0 Å². The number of piperidine rings is 1. The van der Waals surface area contributed by atoms with E-state index in [1.54, 1.807) is 0 Å². The van der Waals surface area contributed by atoms with Gasteiger partial charge in [-0.2, -0.15) is 4.98 Å². The lowest BCUT2D eigenvalue weighted by Crippen LogP contribution is -2.52. The lowest BCUT2D eigenvalue weighted by molar-refractivity contribution is 0.0965. The molecule has 0 atom stereocenters. The van der Waals surface area contributed by atoms with Crippen LogP contribution >= 0.6 is 0 Å². The van der Waals surface area contributed by atoms with E-state index in [0.29, 0.717) is 18.2 Å². The van der Waals surface area contributed by atoms with Crippen molar-refractivity contribution in [3.63, 3.8) is 0 Å². The summed E-state index contributed by atoms with van der Waals surface area (Å²) in [6.45, 7) is 5.86. The zero-order valence-corrected chi connectivity index (χ0v) is 14.0. The average molecular weight is 326 g/mol. The highest BCUT2D eigenvalue weighted by atomic mass is 16.2. The van der Waals surface area contributed by atoms with Crippen molar-refractivity contribution in [3.8, 4) is 11.8 Å². The van der Waals surface area contributed by atoms with Gasteiger partial charge in [-0.3, -0.25) is 24.6 Å². The normalized spacial score (nSPS) is 19.7. The number of carbonyl (C=O) groups is 1. The maximum absolute atomic E-state index is 12.7. The van der Waals surface area contributed by atoms with Crippen molar-refractivity contribution in [1.29, 1.82) is 0 Å². The summed E-state index contributed by atoms with van der Waals surface area (Å²) in [5.74, 6) is 8.12. The molecule has 0 saturated carbocycles. The van der Waals surface area contributed by atoms with Crippen LogP contribution in [0, 0.1) is 11.8 Å². The molecule has 0 unspecified atom stereocenters. The van der Waals surface area contributed by atoms with Crippen molar-refractivity contribution in [1.82, 2.24) is 14.9 Å². The molecule has 4 heterocycles. The van der Waals surface area contributed by atoms with Crippen molar-refractivity contribution in [2.45, 2.75) is 39.2 Å². The summed E-state index contributed by atoms with van der Waals surface area (Å²) in [4.78, 5) is 26.3. The number of fused-ring (bicyclic) bond motifs is 3. The zero-order chi connectivity index (χ0) is 16.5. The summed E-state index contributed by atoms with van der Waals surface area (Å²) in [7, 11) is 0. The number of aliphatic imine (C=N–C) groups is 1. The highest BCUT2D eigenvalue weighted by Crippen LogP contribution is 2.31. The molecule has 7 nitrogen and oxygen atoms in total. The van der Waals surface area contributed by atoms with Gasteiger partial charge in [-0.1, -0.05) is 5.92 Å². The molecule has 24 heavy (non-hydrogen) atoms. The molecule has 7 heteroatoms. The maximum atomic E-state index is 12.7. The van der Waals surface area contributed by atoms with Gasteiger partial charge in [-0.15, -0.1) is 5.92 Å². The van der Waals surface area contributed by atoms with Crippen LogP contribution in [0.5, 0.6) is 0 Å². The molecule has 1 amide bonds. The molecule has 3 aliphatic rings. The summed E-state index contributed by atoms with van der Waals surface area (Å²) in [6.07, 6.45) is 4.56. The molecule has 126 valence electrons. The Hall–Kier alpha value is -2.49. The zero-order valence-electron chi connectivity index (χ0n) is 14.0. The van der Waals surface area contributed by atoms with Crippen LogP contribution in [0.2, 0.25) is 0 Å². The first kappa shape index (κ1) is 15.1. The van der Waals surface area contributed by atoms with E-state index in [2.05, 4.69) is 27.0 Å². The van der Waals surface area contributed by atoms with E-state index >= 15 is 0 Å². The quantitative estimate of drug-likeness (QED) is 0.830. The Morgan fingerprint density at radius 3 is 2.79 bits per heavy atom. The Morgan fingerprint density at radius 1 is 1.17 bits per heavy atom. The minimum Gasteiger partial charge on any atom is -0.342 e. The lowest BCUT2D eigenvalue weighted by Gasteiger charge is -2.31. The van der Waals surface area contributed by atoms with Crippen molar-refractivity contribution < 1.29 is 4.79 Å². The number of guanidine groups is 1.